The Morgan fingerprint density at radius 2 is 1.55 bits per heavy atom. The van der Waals surface area contributed by atoms with Gasteiger partial charge >= 0.3 is 6.03 Å². The summed E-state index contributed by atoms with van der Waals surface area (Å²) in [5, 5.41) is 5.97. The van der Waals surface area contributed by atoms with Crippen molar-refractivity contribution < 1.29 is 9.59 Å². The molecule has 168 valence electrons. The van der Waals surface area contributed by atoms with E-state index < -0.39 is 0 Å². The highest BCUT2D eigenvalue weighted by atomic mass is 16.2. The van der Waals surface area contributed by atoms with Gasteiger partial charge in [0.2, 0.25) is 0 Å². The number of anilines is 3. The standard InChI is InChI=1S/C26H37N3O2/c1-18(2)16-29(17-19(3)4)25-12-9-22(21(6)13-14-30)15-24(25)28-26(31)27-23-10-7-20(5)8-11-23/h7-12,14-15,18-19,21H,13,16-17H2,1-6H3,(H2,27,28,31). The number of aldehydes is 1. The number of hydrogen-bond acceptors (Lipinski definition) is 3. The molecule has 0 aromatic heterocycles. The first-order chi connectivity index (χ1) is 14.7. The van der Waals surface area contributed by atoms with Crippen molar-refractivity contribution >= 4 is 29.4 Å². The number of aryl methyl sites for hydroxylation is 1. The Hall–Kier alpha value is -2.82. The third-order valence-corrected chi connectivity index (χ3v) is 5.11. The van der Waals surface area contributed by atoms with Crippen LogP contribution in [0.3, 0.4) is 0 Å². The second kappa shape index (κ2) is 11.5. The molecule has 1 unspecified atom stereocenters. The molecule has 0 saturated carbocycles. The maximum atomic E-state index is 12.8. The minimum absolute atomic E-state index is 0.0934. The van der Waals surface area contributed by atoms with Gasteiger partial charge in [-0.15, -0.1) is 0 Å². The summed E-state index contributed by atoms with van der Waals surface area (Å²) in [5.74, 6) is 1.07. The van der Waals surface area contributed by atoms with Crippen LogP contribution in [0, 0.1) is 18.8 Å². The number of hydrogen-bond donors (Lipinski definition) is 2. The van der Waals surface area contributed by atoms with Crippen LogP contribution in [-0.4, -0.2) is 25.4 Å². The van der Waals surface area contributed by atoms with Gasteiger partial charge in [-0.1, -0.05) is 58.4 Å². The third kappa shape index (κ3) is 7.74. The van der Waals surface area contributed by atoms with Gasteiger partial charge in [0.15, 0.2) is 0 Å². The van der Waals surface area contributed by atoms with E-state index in [0.717, 1.165) is 47.6 Å². The normalized spacial score (nSPS) is 12.0. The topological polar surface area (TPSA) is 61.4 Å². The van der Waals surface area contributed by atoms with E-state index in [1.54, 1.807) is 0 Å². The minimum atomic E-state index is -0.278. The highest BCUT2D eigenvalue weighted by molar-refractivity contribution is 6.02. The predicted molar refractivity (Wildman–Crippen MR) is 131 cm³/mol. The van der Waals surface area contributed by atoms with Gasteiger partial charge in [-0.3, -0.25) is 0 Å². The van der Waals surface area contributed by atoms with E-state index in [1.165, 1.54) is 0 Å². The number of rotatable bonds is 10. The SMILES string of the molecule is Cc1ccc(NC(=O)Nc2cc(C(C)CC=O)ccc2N(CC(C)C)CC(C)C)cc1. The van der Waals surface area contributed by atoms with E-state index >= 15 is 0 Å². The van der Waals surface area contributed by atoms with E-state index in [-0.39, 0.29) is 11.9 Å². The van der Waals surface area contributed by atoms with E-state index in [9.17, 15) is 9.59 Å². The molecule has 0 saturated heterocycles. The molecule has 0 bridgehead atoms. The quantitative estimate of drug-likeness (QED) is 0.432. The average Bonchev–Trinajstić information content (AvgIpc) is 2.68. The van der Waals surface area contributed by atoms with Crippen LogP contribution in [0.15, 0.2) is 42.5 Å². The summed E-state index contributed by atoms with van der Waals surface area (Å²) in [5.41, 5.74) is 4.69. The van der Waals surface area contributed by atoms with Crippen molar-refractivity contribution in [1.29, 1.82) is 0 Å². The molecule has 5 nitrogen and oxygen atoms in total. The van der Waals surface area contributed by atoms with Crippen molar-refractivity contribution in [3.63, 3.8) is 0 Å². The van der Waals surface area contributed by atoms with Gasteiger partial charge in [0.1, 0.15) is 6.29 Å². The molecule has 0 spiro atoms. The third-order valence-electron chi connectivity index (χ3n) is 5.11. The van der Waals surface area contributed by atoms with E-state index in [4.69, 9.17) is 0 Å². The Bertz CT molecular complexity index is 849. The lowest BCUT2D eigenvalue weighted by Gasteiger charge is -2.31. The van der Waals surface area contributed by atoms with Gasteiger partial charge in [-0.25, -0.2) is 4.79 Å². The summed E-state index contributed by atoms with van der Waals surface area (Å²) in [6.07, 6.45) is 1.40. The number of urea groups is 1. The average molecular weight is 424 g/mol. The molecule has 0 aliphatic heterocycles. The van der Waals surface area contributed by atoms with Crippen LogP contribution >= 0.6 is 0 Å². The highest BCUT2D eigenvalue weighted by Gasteiger charge is 2.18. The zero-order valence-corrected chi connectivity index (χ0v) is 19.7. The number of nitrogens with one attached hydrogen (secondary N) is 2. The molecule has 0 aliphatic rings. The zero-order valence-electron chi connectivity index (χ0n) is 19.7. The lowest BCUT2D eigenvalue weighted by Crippen LogP contribution is -2.32. The number of nitrogens with zero attached hydrogens (tertiary/aromatic N) is 1. The van der Waals surface area contributed by atoms with E-state index in [1.807, 2.05) is 44.2 Å². The van der Waals surface area contributed by atoms with Crippen molar-refractivity contribution in [2.45, 2.75) is 53.9 Å². The largest absolute Gasteiger partial charge is 0.369 e. The zero-order chi connectivity index (χ0) is 23.0. The second-order valence-corrected chi connectivity index (χ2v) is 9.22. The second-order valence-electron chi connectivity index (χ2n) is 9.22. The van der Waals surface area contributed by atoms with Crippen LogP contribution in [-0.2, 0) is 4.79 Å². The highest BCUT2D eigenvalue weighted by Crippen LogP contribution is 2.32. The van der Waals surface area contributed by atoms with Gasteiger partial charge < -0.3 is 20.3 Å². The number of carbonyl (C=O) groups excluding carboxylic acids is 2. The van der Waals surface area contributed by atoms with Crippen molar-refractivity contribution in [3.05, 3.63) is 53.6 Å². The first kappa shape index (κ1) is 24.4. The Kier molecular flexibility index (Phi) is 9.10. The number of amides is 2. The van der Waals surface area contributed by atoms with Crippen LogP contribution in [0.4, 0.5) is 21.9 Å². The molecule has 2 aromatic carbocycles. The molecular formula is C26H37N3O2. The lowest BCUT2D eigenvalue weighted by atomic mass is 9.97. The van der Waals surface area contributed by atoms with Crippen molar-refractivity contribution in [2.75, 3.05) is 28.6 Å². The van der Waals surface area contributed by atoms with Crippen LogP contribution in [0.5, 0.6) is 0 Å². The lowest BCUT2D eigenvalue weighted by molar-refractivity contribution is -0.108. The fourth-order valence-electron chi connectivity index (χ4n) is 3.59. The van der Waals surface area contributed by atoms with Gasteiger partial charge in [-0.05, 0) is 54.5 Å². The first-order valence-corrected chi connectivity index (χ1v) is 11.2. The van der Waals surface area contributed by atoms with Gasteiger partial charge in [0.25, 0.3) is 0 Å². The van der Waals surface area contributed by atoms with Crippen molar-refractivity contribution in [3.8, 4) is 0 Å². The van der Waals surface area contributed by atoms with E-state index in [0.29, 0.717) is 18.3 Å². The maximum absolute atomic E-state index is 12.8. The Labute approximate surface area is 187 Å². The molecular weight excluding hydrogens is 386 g/mol. The van der Waals surface area contributed by atoms with Crippen molar-refractivity contribution in [1.82, 2.24) is 0 Å². The van der Waals surface area contributed by atoms with Crippen LogP contribution in [0.25, 0.3) is 0 Å². The van der Waals surface area contributed by atoms with Crippen LogP contribution < -0.4 is 15.5 Å². The Morgan fingerprint density at radius 3 is 2.10 bits per heavy atom. The summed E-state index contributed by atoms with van der Waals surface area (Å²) in [6.45, 7) is 14.6. The molecule has 0 fully saturated rings. The fourth-order valence-corrected chi connectivity index (χ4v) is 3.59. The summed E-state index contributed by atoms with van der Waals surface area (Å²) < 4.78 is 0. The van der Waals surface area contributed by atoms with Crippen LogP contribution in [0.1, 0.15) is 58.1 Å². The van der Waals surface area contributed by atoms with Gasteiger partial charge in [0, 0.05) is 25.2 Å². The predicted octanol–water partition coefficient (Wildman–Crippen LogP) is 6.45. The van der Waals surface area contributed by atoms with Crippen LogP contribution in [0.2, 0.25) is 0 Å². The summed E-state index contributed by atoms with van der Waals surface area (Å²) in [6, 6.07) is 13.6. The molecule has 2 rings (SSSR count). The summed E-state index contributed by atoms with van der Waals surface area (Å²) >= 11 is 0. The van der Waals surface area contributed by atoms with Gasteiger partial charge in [0.05, 0.1) is 11.4 Å². The molecule has 2 aromatic rings. The molecule has 31 heavy (non-hydrogen) atoms. The van der Waals surface area contributed by atoms with Crippen molar-refractivity contribution in [2.24, 2.45) is 11.8 Å². The molecule has 1 atom stereocenters. The molecule has 0 radical (unpaired) electrons. The summed E-state index contributed by atoms with van der Waals surface area (Å²) in [4.78, 5) is 26.1. The summed E-state index contributed by atoms with van der Waals surface area (Å²) in [7, 11) is 0. The maximum Gasteiger partial charge on any atom is 0.323 e. The molecule has 0 heterocycles. The molecule has 5 heteroatoms. The molecule has 0 aliphatic carbocycles. The smallest absolute Gasteiger partial charge is 0.323 e. The molecule has 2 amide bonds. The number of carbonyl (C=O) groups is 2. The monoisotopic (exact) mass is 423 g/mol. The number of benzene rings is 2. The minimum Gasteiger partial charge on any atom is -0.369 e. The van der Waals surface area contributed by atoms with Gasteiger partial charge in [-0.2, -0.15) is 0 Å². The first-order valence-electron chi connectivity index (χ1n) is 11.2. The Balaban J connectivity index is 2.36. The Morgan fingerprint density at radius 1 is 0.935 bits per heavy atom. The fraction of sp³-hybridized carbons (Fsp3) is 0.462. The molecule has 2 N–H and O–H groups in total. The van der Waals surface area contributed by atoms with E-state index in [2.05, 4.69) is 55.4 Å².